The van der Waals surface area contributed by atoms with E-state index < -0.39 is 15.3 Å². The molecule has 0 fully saturated rings. The van der Waals surface area contributed by atoms with Gasteiger partial charge in [0.1, 0.15) is 5.15 Å². The van der Waals surface area contributed by atoms with Gasteiger partial charge >= 0.3 is 0 Å². The molecule has 1 N–H and O–H groups in total. The first kappa shape index (κ1) is 13.0. The number of ether oxygens (including phenoxy) is 1. The molecule has 0 aliphatic rings. The molecule has 0 radical (unpaired) electrons. The molecule has 6 nitrogen and oxygen atoms in total. The number of hydrogen-bond acceptors (Lipinski definition) is 5. The Labute approximate surface area is 99.1 Å². The molecule has 16 heavy (non-hydrogen) atoms. The van der Waals surface area contributed by atoms with Gasteiger partial charge in [-0.2, -0.15) is 4.98 Å². The molecule has 8 heteroatoms. The number of aromatic nitrogens is 2. The van der Waals surface area contributed by atoms with E-state index in [1.165, 1.54) is 13.2 Å². The third-order valence-corrected chi connectivity index (χ3v) is 3.64. The lowest BCUT2D eigenvalue weighted by molar-refractivity contribution is 0.397. The predicted molar refractivity (Wildman–Crippen MR) is 61.3 cm³/mol. The zero-order valence-electron chi connectivity index (χ0n) is 9.06. The van der Waals surface area contributed by atoms with Crippen molar-refractivity contribution in [1.29, 1.82) is 0 Å². The van der Waals surface area contributed by atoms with Crippen LogP contribution in [-0.2, 0) is 10.0 Å². The van der Waals surface area contributed by atoms with Gasteiger partial charge in [0.05, 0.1) is 12.4 Å². The van der Waals surface area contributed by atoms with Crippen molar-refractivity contribution in [2.45, 2.75) is 19.1 Å². The summed E-state index contributed by atoms with van der Waals surface area (Å²) in [6, 6.07) is 1.38. The first-order valence-electron chi connectivity index (χ1n) is 4.45. The quantitative estimate of drug-likeness (QED) is 0.830. The molecule has 0 saturated heterocycles. The van der Waals surface area contributed by atoms with Crippen molar-refractivity contribution in [2.75, 3.05) is 11.8 Å². The molecule has 0 aliphatic carbocycles. The number of rotatable bonds is 4. The van der Waals surface area contributed by atoms with E-state index in [9.17, 15) is 8.42 Å². The number of hydrogen-bond donors (Lipinski definition) is 1. The lowest BCUT2D eigenvalue weighted by Gasteiger charge is -2.09. The highest BCUT2D eigenvalue weighted by Gasteiger charge is 2.17. The van der Waals surface area contributed by atoms with Crippen LogP contribution in [0.5, 0.6) is 5.88 Å². The van der Waals surface area contributed by atoms with E-state index in [1.54, 1.807) is 13.8 Å². The molecular formula is C8H12ClN3O3S. The summed E-state index contributed by atoms with van der Waals surface area (Å²) in [5.41, 5.74) is 0. The van der Waals surface area contributed by atoms with Crippen LogP contribution in [0.25, 0.3) is 0 Å². The van der Waals surface area contributed by atoms with Crippen molar-refractivity contribution >= 4 is 27.6 Å². The number of sulfonamides is 1. The second-order valence-corrected chi connectivity index (χ2v) is 5.88. The molecule has 1 aromatic heterocycles. The van der Waals surface area contributed by atoms with Crippen LogP contribution in [0.2, 0.25) is 5.15 Å². The van der Waals surface area contributed by atoms with Gasteiger partial charge in [0.15, 0.2) is 0 Å². The Bertz CT molecular complexity index is 475. The van der Waals surface area contributed by atoms with Crippen LogP contribution in [0, 0.1) is 0 Å². The van der Waals surface area contributed by atoms with E-state index >= 15 is 0 Å². The Morgan fingerprint density at radius 2 is 2.06 bits per heavy atom. The van der Waals surface area contributed by atoms with Crippen LogP contribution in [0.3, 0.4) is 0 Å². The van der Waals surface area contributed by atoms with Gasteiger partial charge < -0.3 is 4.74 Å². The second kappa shape index (κ2) is 4.84. The van der Waals surface area contributed by atoms with Gasteiger partial charge in [0, 0.05) is 6.07 Å². The summed E-state index contributed by atoms with van der Waals surface area (Å²) in [5.74, 6) is 0.0968. The predicted octanol–water partition coefficient (Wildman–Crippen LogP) is 1.29. The second-order valence-electron chi connectivity index (χ2n) is 3.25. The van der Waals surface area contributed by atoms with Crippen LogP contribution < -0.4 is 9.46 Å². The Morgan fingerprint density at radius 3 is 2.56 bits per heavy atom. The third kappa shape index (κ3) is 3.21. The smallest absolute Gasteiger partial charge is 0.241 e. The lowest BCUT2D eigenvalue weighted by Crippen LogP contribution is -2.23. The first-order valence-corrected chi connectivity index (χ1v) is 6.38. The highest BCUT2D eigenvalue weighted by atomic mass is 35.5. The van der Waals surface area contributed by atoms with Crippen molar-refractivity contribution < 1.29 is 13.2 Å². The average molecular weight is 266 g/mol. The highest BCUT2D eigenvalue weighted by Crippen LogP contribution is 2.17. The molecule has 0 atom stereocenters. The fourth-order valence-electron chi connectivity index (χ4n) is 0.792. The minimum Gasteiger partial charge on any atom is -0.481 e. The van der Waals surface area contributed by atoms with Crippen LogP contribution in [0.1, 0.15) is 13.8 Å². The molecule has 1 aromatic rings. The monoisotopic (exact) mass is 265 g/mol. The van der Waals surface area contributed by atoms with Crippen molar-refractivity contribution in [3.8, 4) is 5.88 Å². The van der Waals surface area contributed by atoms with Crippen molar-refractivity contribution in [3.05, 3.63) is 11.2 Å². The van der Waals surface area contributed by atoms with Gasteiger partial charge in [0.25, 0.3) is 0 Å². The SMILES string of the molecule is COc1cc(Cl)nc(NS(=O)(=O)C(C)C)n1. The van der Waals surface area contributed by atoms with Gasteiger partial charge in [-0.1, -0.05) is 11.6 Å². The highest BCUT2D eigenvalue weighted by molar-refractivity contribution is 7.93. The molecule has 0 bridgehead atoms. The van der Waals surface area contributed by atoms with E-state index in [2.05, 4.69) is 14.7 Å². The summed E-state index contributed by atoms with van der Waals surface area (Å²) < 4.78 is 30.1. The average Bonchev–Trinajstić information content (AvgIpc) is 2.15. The standard InChI is InChI=1S/C8H12ClN3O3S/c1-5(2)16(13,14)12-8-10-6(9)4-7(11-8)15-3/h4-5H,1-3H3,(H,10,11,12). The maximum Gasteiger partial charge on any atom is 0.241 e. The normalized spacial score (nSPS) is 11.6. The van der Waals surface area contributed by atoms with E-state index in [0.717, 1.165) is 0 Å². The van der Waals surface area contributed by atoms with E-state index in [-0.39, 0.29) is 17.0 Å². The maximum atomic E-state index is 11.5. The summed E-state index contributed by atoms with van der Waals surface area (Å²) in [5, 5.41) is -0.477. The largest absolute Gasteiger partial charge is 0.481 e. The van der Waals surface area contributed by atoms with Crippen molar-refractivity contribution in [2.24, 2.45) is 0 Å². The molecule has 0 aromatic carbocycles. The molecule has 90 valence electrons. The van der Waals surface area contributed by atoms with E-state index in [4.69, 9.17) is 16.3 Å². The molecular weight excluding hydrogens is 254 g/mol. The lowest BCUT2D eigenvalue weighted by atomic mass is 10.6. The minimum atomic E-state index is -3.48. The van der Waals surface area contributed by atoms with Crippen LogP contribution in [-0.4, -0.2) is 30.7 Å². The number of nitrogens with one attached hydrogen (secondary N) is 1. The Kier molecular flexibility index (Phi) is 3.93. The fourth-order valence-corrected chi connectivity index (χ4v) is 1.55. The van der Waals surface area contributed by atoms with Crippen molar-refractivity contribution in [1.82, 2.24) is 9.97 Å². The fraction of sp³-hybridized carbons (Fsp3) is 0.500. The number of halogens is 1. The first-order chi connectivity index (χ1) is 7.35. The molecule has 1 heterocycles. The Morgan fingerprint density at radius 1 is 1.44 bits per heavy atom. The summed E-state index contributed by atoms with van der Waals surface area (Å²) in [4.78, 5) is 7.55. The molecule has 1 rings (SSSR count). The molecule has 0 spiro atoms. The van der Waals surface area contributed by atoms with Crippen molar-refractivity contribution in [3.63, 3.8) is 0 Å². The van der Waals surface area contributed by atoms with Crippen LogP contribution >= 0.6 is 11.6 Å². The topological polar surface area (TPSA) is 81.2 Å². The van der Waals surface area contributed by atoms with Gasteiger partial charge in [0.2, 0.25) is 21.9 Å². The third-order valence-electron chi connectivity index (χ3n) is 1.73. The van der Waals surface area contributed by atoms with Crippen LogP contribution in [0.4, 0.5) is 5.95 Å². The van der Waals surface area contributed by atoms with E-state index in [0.29, 0.717) is 0 Å². The molecule has 0 aliphatic heterocycles. The summed E-state index contributed by atoms with van der Waals surface area (Å²) in [6.07, 6.45) is 0. The number of nitrogens with zero attached hydrogens (tertiary/aromatic N) is 2. The van der Waals surface area contributed by atoms with Gasteiger partial charge in [-0.15, -0.1) is 0 Å². The minimum absolute atomic E-state index is 0.0990. The Balaban J connectivity index is 3.02. The number of methoxy groups -OCH3 is 1. The number of anilines is 1. The zero-order valence-corrected chi connectivity index (χ0v) is 10.6. The molecule has 0 unspecified atom stereocenters. The Hall–Kier alpha value is -1.08. The summed E-state index contributed by atoms with van der Waals surface area (Å²) >= 11 is 5.67. The van der Waals surface area contributed by atoms with Gasteiger partial charge in [-0.25, -0.2) is 13.4 Å². The molecule has 0 saturated carbocycles. The van der Waals surface area contributed by atoms with E-state index in [1.807, 2.05) is 0 Å². The molecule has 0 amide bonds. The zero-order chi connectivity index (χ0) is 12.3. The van der Waals surface area contributed by atoms with Crippen LogP contribution in [0.15, 0.2) is 6.07 Å². The van der Waals surface area contributed by atoms with Gasteiger partial charge in [-0.05, 0) is 13.8 Å². The summed E-state index contributed by atoms with van der Waals surface area (Å²) in [7, 11) is -2.08. The van der Waals surface area contributed by atoms with Gasteiger partial charge in [-0.3, -0.25) is 4.72 Å². The maximum absolute atomic E-state index is 11.5. The summed E-state index contributed by atoms with van der Waals surface area (Å²) in [6.45, 7) is 3.09.